The molecule has 146 valence electrons. The number of imide groups is 1. The zero-order valence-corrected chi connectivity index (χ0v) is 15.7. The van der Waals surface area contributed by atoms with Crippen molar-refractivity contribution in [3.05, 3.63) is 47.0 Å². The van der Waals surface area contributed by atoms with Gasteiger partial charge in [0.05, 0.1) is 16.9 Å². The molecule has 1 aliphatic heterocycles. The summed E-state index contributed by atoms with van der Waals surface area (Å²) in [7, 11) is 0. The summed E-state index contributed by atoms with van der Waals surface area (Å²) in [5, 5.41) is 16.1. The fourth-order valence-corrected chi connectivity index (χ4v) is 3.10. The Kier molecular flexibility index (Phi) is 4.06. The minimum atomic E-state index is -0.559. The Labute approximate surface area is 169 Å². The SMILES string of the molecule is O=C1NC(=O)/C(=C/c2cnn3c(NC4CC4)cc(Nc4ccncc4Cl)nc23)N1. The molecule has 11 heteroatoms. The predicted molar refractivity (Wildman–Crippen MR) is 107 cm³/mol. The summed E-state index contributed by atoms with van der Waals surface area (Å²) in [4.78, 5) is 31.8. The van der Waals surface area contributed by atoms with Gasteiger partial charge in [0.2, 0.25) is 0 Å². The molecule has 10 nitrogen and oxygen atoms in total. The molecule has 1 aliphatic carbocycles. The first kappa shape index (κ1) is 17.4. The average molecular weight is 411 g/mol. The van der Waals surface area contributed by atoms with Crippen LogP contribution in [0.2, 0.25) is 5.02 Å². The molecule has 29 heavy (non-hydrogen) atoms. The standard InChI is InChI=1S/C18H15ClN8O2/c19-11-8-20-4-3-12(11)23-14-6-15(22-10-1-2-10)27-16(25-14)9(7-21-27)5-13-17(28)26-18(29)24-13/h3-8,10,22H,1-2H2,(H,20,23,25)(H2,24,26,28,29)/b13-5-. The molecule has 0 bridgehead atoms. The van der Waals surface area contributed by atoms with Gasteiger partial charge in [0.25, 0.3) is 5.91 Å². The van der Waals surface area contributed by atoms with E-state index in [4.69, 9.17) is 11.6 Å². The van der Waals surface area contributed by atoms with Crippen LogP contribution in [-0.2, 0) is 4.79 Å². The third kappa shape index (κ3) is 3.45. The van der Waals surface area contributed by atoms with Crippen molar-refractivity contribution in [2.24, 2.45) is 0 Å². The molecule has 0 radical (unpaired) electrons. The first-order valence-corrected chi connectivity index (χ1v) is 9.30. The number of anilines is 3. The van der Waals surface area contributed by atoms with Crippen LogP contribution in [0.1, 0.15) is 18.4 Å². The van der Waals surface area contributed by atoms with Gasteiger partial charge in [0.1, 0.15) is 17.3 Å². The molecule has 2 fully saturated rings. The van der Waals surface area contributed by atoms with Gasteiger partial charge in [-0.1, -0.05) is 11.6 Å². The lowest BCUT2D eigenvalue weighted by atomic mass is 10.2. The van der Waals surface area contributed by atoms with Gasteiger partial charge in [0, 0.05) is 30.1 Å². The van der Waals surface area contributed by atoms with Crippen LogP contribution in [0, 0.1) is 0 Å². The van der Waals surface area contributed by atoms with Gasteiger partial charge in [-0.2, -0.15) is 9.61 Å². The fraction of sp³-hybridized carbons (Fsp3) is 0.167. The number of aromatic nitrogens is 4. The zero-order chi connectivity index (χ0) is 20.0. The van der Waals surface area contributed by atoms with E-state index in [2.05, 4.69) is 36.3 Å². The largest absolute Gasteiger partial charge is 0.367 e. The molecular weight excluding hydrogens is 396 g/mol. The van der Waals surface area contributed by atoms with E-state index < -0.39 is 11.9 Å². The van der Waals surface area contributed by atoms with Gasteiger partial charge in [-0.25, -0.2) is 9.78 Å². The van der Waals surface area contributed by atoms with Crippen molar-refractivity contribution in [1.82, 2.24) is 30.2 Å². The maximum Gasteiger partial charge on any atom is 0.326 e. The number of carbonyl (C=O) groups is 2. The van der Waals surface area contributed by atoms with Crippen LogP contribution in [0.5, 0.6) is 0 Å². The molecule has 0 unspecified atom stereocenters. The van der Waals surface area contributed by atoms with Crippen LogP contribution in [0.25, 0.3) is 11.7 Å². The number of hydrogen-bond acceptors (Lipinski definition) is 7. The normalized spacial score (nSPS) is 17.5. The highest BCUT2D eigenvalue weighted by Gasteiger charge is 2.25. The summed E-state index contributed by atoms with van der Waals surface area (Å²) >= 11 is 6.20. The monoisotopic (exact) mass is 410 g/mol. The molecule has 4 N–H and O–H groups in total. The summed E-state index contributed by atoms with van der Waals surface area (Å²) in [6.07, 6.45) is 8.49. The maximum absolute atomic E-state index is 11.9. The Hall–Kier alpha value is -3.66. The first-order chi connectivity index (χ1) is 14.1. The Balaban J connectivity index is 1.59. The van der Waals surface area contributed by atoms with E-state index in [1.165, 1.54) is 0 Å². The highest BCUT2D eigenvalue weighted by molar-refractivity contribution is 6.33. The molecule has 3 aromatic rings. The molecule has 5 rings (SSSR count). The minimum Gasteiger partial charge on any atom is -0.367 e. The Morgan fingerprint density at radius 1 is 1.24 bits per heavy atom. The number of hydrogen-bond donors (Lipinski definition) is 4. The summed E-state index contributed by atoms with van der Waals surface area (Å²) in [5.41, 5.74) is 1.90. The fourth-order valence-electron chi connectivity index (χ4n) is 2.94. The summed E-state index contributed by atoms with van der Waals surface area (Å²) in [5.74, 6) is 0.812. The van der Waals surface area contributed by atoms with E-state index in [0.717, 1.165) is 18.7 Å². The Bertz CT molecular complexity index is 1180. The van der Waals surface area contributed by atoms with Gasteiger partial charge in [-0.3, -0.25) is 15.1 Å². The summed E-state index contributed by atoms with van der Waals surface area (Å²) in [6.45, 7) is 0. The van der Waals surface area contributed by atoms with Gasteiger partial charge in [0.15, 0.2) is 5.65 Å². The molecule has 3 aromatic heterocycles. The minimum absolute atomic E-state index is 0.138. The molecule has 1 saturated heterocycles. The van der Waals surface area contributed by atoms with Crippen molar-refractivity contribution in [3.8, 4) is 0 Å². The second-order valence-corrected chi connectivity index (χ2v) is 7.13. The van der Waals surface area contributed by atoms with Crippen molar-refractivity contribution < 1.29 is 9.59 Å². The second-order valence-electron chi connectivity index (χ2n) is 6.73. The first-order valence-electron chi connectivity index (χ1n) is 8.93. The van der Waals surface area contributed by atoms with Crippen molar-refractivity contribution in [1.29, 1.82) is 0 Å². The lowest BCUT2D eigenvalue weighted by Crippen LogP contribution is -2.22. The summed E-state index contributed by atoms with van der Waals surface area (Å²) in [6, 6.07) is 3.43. The molecule has 0 spiro atoms. The molecular formula is C18H15ClN8O2. The van der Waals surface area contributed by atoms with E-state index in [1.54, 1.807) is 35.2 Å². The molecule has 2 aliphatic rings. The number of pyridine rings is 1. The molecule has 4 heterocycles. The van der Waals surface area contributed by atoms with Gasteiger partial charge in [-0.15, -0.1) is 0 Å². The highest BCUT2D eigenvalue weighted by Crippen LogP contribution is 2.29. The van der Waals surface area contributed by atoms with Crippen molar-refractivity contribution in [2.45, 2.75) is 18.9 Å². The van der Waals surface area contributed by atoms with E-state index >= 15 is 0 Å². The lowest BCUT2D eigenvalue weighted by molar-refractivity contribution is -0.115. The van der Waals surface area contributed by atoms with E-state index in [-0.39, 0.29) is 5.70 Å². The average Bonchev–Trinajstić information content (AvgIpc) is 3.33. The van der Waals surface area contributed by atoms with Crippen LogP contribution in [0.15, 0.2) is 36.4 Å². The van der Waals surface area contributed by atoms with Crippen LogP contribution >= 0.6 is 11.6 Å². The van der Waals surface area contributed by atoms with Gasteiger partial charge >= 0.3 is 6.03 Å². The zero-order valence-electron chi connectivity index (χ0n) is 14.9. The quantitative estimate of drug-likeness (QED) is 0.375. The molecule has 0 atom stereocenters. The summed E-state index contributed by atoms with van der Waals surface area (Å²) < 4.78 is 1.67. The predicted octanol–water partition coefficient (Wildman–Crippen LogP) is 2.28. The number of rotatable bonds is 5. The van der Waals surface area contributed by atoms with Gasteiger partial charge < -0.3 is 16.0 Å². The smallest absolute Gasteiger partial charge is 0.326 e. The van der Waals surface area contributed by atoms with E-state index in [0.29, 0.717) is 33.8 Å². The Morgan fingerprint density at radius 2 is 2.10 bits per heavy atom. The van der Waals surface area contributed by atoms with Crippen molar-refractivity contribution >= 4 is 52.6 Å². The van der Waals surface area contributed by atoms with Crippen LogP contribution < -0.4 is 21.3 Å². The maximum atomic E-state index is 11.9. The second kappa shape index (κ2) is 6.74. The van der Waals surface area contributed by atoms with E-state index in [1.807, 2.05) is 6.07 Å². The molecule has 0 aromatic carbocycles. The third-order valence-electron chi connectivity index (χ3n) is 4.48. The number of urea groups is 1. The Morgan fingerprint density at radius 3 is 2.83 bits per heavy atom. The van der Waals surface area contributed by atoms with Gasteiger partial charge in [-0.05, 0) is 25.0 Å². The number of nitrogens with zero attached hydrogens (tertiary/aromatic N) is 4. The number of fused-ring (bicyclic) bond motifs is 1. The number of carbonyl (C=O) groups excluding carboxylic acids is 2. The third-order valence-corrected chi connectivity index (χ3v) is 4.78. The van der Waals surface area contributed by atoms with Crippen molar-refractivity contribution in [3.63, 3.8) is 0 Å². The van der Waals surface area contributed by atoms with Crippen LogP contribution in [-0.4, -0.2) is 37.6 Å². The number of nitrogens with one attached hydrogen (secondary N) is 4. The van der Waals surface area contributed by atoms with E-state index in [9.17, 15) is 9.59 Å². The molecule has 3 amide bonds. The highest BCUT2D eigenvalue weighted by atomic mass is 35.5. The lowest BCUT2D eigenvalue weighted by Gasteiger charge is -2.12. The van der Waals surface area contributed by atoms with Crippen molar-refractivity contribution in [2.75, 3.05) is 10.6 Å². The van der Waals surface area contributed by atoms with Crippen LogP contribution in [0.3, 0.4) is 0 Å². The van der Waals surface area contributed by atoms with Crippen LogP contribution in [0.4, 0.5) is 22.1 Å². The number of amides is 3. The number of halogens is 1. The molecule has 1 saturated carbocycles. The topological polar surface area (TPSA) is 125 Å².